The lowest BCUT2D eigenvalue weighted by atomic mass is 10.1. The highest BCUT2D eigenvalue weighted by atomic mass is 79.9. The Kier molecular flexibility index (Phi) is 7.26. The minimum Gasteiger partial charge on any atom is -0.495 e. The van der Waals surface area contributed by atoms with Crippen LogP contribution in [0.25, 0.3) is 0 Å². The smallest absolute Gasteiger partial charge is 0.259 e. The molecule has 0 unspecified atom stereocenters. The number of benzene rings is 2. The van der Waals surface area contributed by atoms with Crippen LogP contribution in [-0.4, -0.2) is 26.0 Å². The topological polar surface area (TPSA) is 76.7 Å². The molecule has 0 bridgehead atoms. The molecule has 0 heterocycles. The second-order valence-electron chi connectivity index (χ2n) is 5.98. The number of rotatable bonds is 6. The molecule has 0 saturated heterocycles. The van der Waals surface area contributed by atoms with E-state index in [2.05, 4.69) is 42.5 Å². The lowest BCUT2D eigenvalue weighted by molar-refractivity contribution is -0.118. The van der Waals surface area contributed by atoms with Gasteiger partial charge in [0.05, 0.1) is 29.9 Å². The predicted molar refractivity (Wildman–Crippen MR) is 113 cm³/mol. The molecule has 0 saturated carbocycles. The minimum atomic E-state index is -0.338. The number of hydrogen-bond donors (Lipinski definition) is 2. The second-order valence-corrected chi connectivity index (χ2v) is 7.75. The fourth-order valence-corrected chi connectivity index (χ4v) is 3.67. The number of halogens is 2. The number of nitrogens with one attached hydrogen (secondary N) is 2. The molecule has 0 fully saturated rings. The van der Waals surface area contributed by atoms with Crippen molar-refractivity contribution in [2.45, 2.75) is 13.8 Å². The van der Waals surface area contributed by atoms with Crippen LogP contribution in [-0.2, 0) is 4.79 Å². The molecule has 27 heavy (non-hydrogen) atoms. The predicted octanol–water partition coefficient (Wildman–Crippen LogP) is 5.08. The number of hydrogen-bond acceptors (Lipinski definition) is 4. The fraction of sp³-hybridized carbons (Fsp3) is 0.263. The van der Waals surface area contributed by atoms with Gasteiger partial charge in [0.1, 0.15) is 11.5 Å². The van der Waals surface area contributed by atoms with E-state index in [0.717, 1.165) is 4.47 Å². The quantitative estimate of drug-likeness (QED) is 0.581. The van der Waals surface area contributed by atoms with Gasteiger partial charge in [-0.3, -0.25) is 9.59 Å². The van der Waals surface area contributed by atoms with Gasteiger partial charge in [-0.05, 0) is 40.2 Å². The molecule has 2 aromatic carbocycles. The van der Waals surface area contributed by atoms with Crippen molar-refractivity contribution in [2.24, 2.45) is 5.92 Å². The Morgan fingerprint density at radius 2 is 1.70 bits per heavy atom. The second kappa shape index (κ2) is 9.23. The van der Waals surface area contributed by atoms with Crippen LogP contribution in [0.3, 0.4) is 0 Å². The maximum absolute atomic E-state index is 12.7. The molecule has 0 spiro atoms. The monoisotopic (exact) mass is 498 g/mol. The van der Waals surface area contributed by atoms with Crippen LogP contribution in [0, 0.1) is 5.92 Å². The first-order valence-electron chi connectivity index (χ1n) is 8.10. The van der Waals surface area contributed by atoms with Gasteiger partial charge >= 0.3 is 0 Å². The molecule has 0 radical (unpaired) electrons. The number of amides is 2. The van der Waals surface area contributed by atoms with Gasteiger partial charge in [0.25, 0.3) is 5.91 Å². The average Bonchev–Trinajstić information content (AvgIpc) is 2.62. The van der Waals surface area contributed by atoms with Crippen molar-refractivity contribution in [1.82, 2.24) is 0 Å². The zero-order chi connectivity index (χ0) is 20.1. The van der Waals surface area contributed by atoms with E-state index in [0.29, 0.717) is 32.9 Å². The Hall–Kier alpha value is -2.06. The maximum Gasteiger partial charge on any atom is 0.259 e. The molecule has 2 aromatic rings. The summed E-state index contributed by atoms with van der Waals surface area (Å²) in [6, 6.07) is 8.49. The van der Waals surface area contributed by atoms with Crippen molar-refractivity contribution in [3.8, 4) is 11.5 Å². The minimum absolute atomic E-state index is 0.117. The van der Waals surface area contributed by atoms with Crippen LogP contribution >= 0.6 is 31.9 Å². The Bertz CT molecular complexity index is 869. The molecule has 2 N–H and O–H groups in total. The lowest BCUT2D eigenvalue weighted by Gasteiger charge is -2.15. The molecule has 6 nitrogen and oxygen atoms in total. The highest BCUT2D eigenvalue weighted by Crippen LogP contribution is 2.34. The SMILES string of the molecule is COc1cc(NC(=O)c2cc(Br)cc(Br)c2OC)ccc1NC(=O)C(C)C. The van der Waals surface area contributed by atoms with E-state index >= 15 is 0 Å². The summed E-state index contributed by atoms with van der Waals surface area (Å²) in [5, 5.41) is 5.61. The largest absolute Gasteiger partial charge is 0.495 e. The van der Waals surface area contributed by atoms with Gasteiger partial charge in [0, 0.05) is 22.1 Å². The number of methoxy groups -OCH3 is 2. The van der Waals surface area contributed by atoms with Crippen LogP contribution < -0.4 is 20.1 Å². The van der Waals surface area contributed by atoms with E-state index in [-0.39, 0.29) is 17.7 Å². The van der Waals surface area contributed by atoms with Gasteiger partial charge in [-0.2, -0.15) is 0 Å². The van der Waals surface area contributed by atoms with Gasteiger partial charge < -0.3 is 20.1 Å². The van der Waals surface area contributed by atoms with Crippen LogP contribution in [0.2, 0.25) is 0 Å². The molecule has 0 aliphatic carbocycles. The van der Waals surface area contributed by atoms with E-state index in [1.807, 2.05) is 0 Å². The maximum atomic E-state index is 12.7. The van der Waals surface area contributed by atoms with Crippen molar-refractivity contribution in [2.75, 3.05) is 24.9 Å². The third-order valence-corrected chi connectivity index (χ3v) is 4.75. The molecule has 0 aromatic heterocycles. The van der Waals surface area contributed by atoms with Gasteiger partial charge in [-0.1, -0.05) is 29.8 Å². The molecule has 0 atom stereocenters. The van der Waals surface area contributed by atoms with Gasteiger partial charge in [0.15, 0.2) is 0 Å². The number of ether oxygens (including phenoxy) is 2. The molecular formula is C19H20Br2N2O4. The zero-order valence-corrected chi connectivity index (χ0v) is 18.5. The Morgan fingerprint density at radius 1 is 1.00 bits per heavy atom. The van der Waals surface area contributed by atoms with E-state index in [1.54, 1.807) is 44.2 Å². The van der Waals surface area contributed by atoms with E-state index in [9.17, 15) is 9.59 Å². The van der Waals surface area contributed by atoms with Gasteiger partial charge in [-0.25, -0.2) is 0 Å². The van der Waals surface area contributed by atoms with Crippen molar-refractivity contribution < 1.29 is 19.1 Å². The highest BCUT2D eigenvalue weighted by Gasteiger charge is 2.18. The molecular weight excluding hydrogens is 480 g/mol. The van der Waals surface area contributed by atoms with E-state index < -0.39 is 0 Å². The van der Waals surface area contributed by atoms with Crippen LogP contribution in [0.1, 0.15) is 24.2 Å². The third kappa shape index (κ3) is 5.23. The van der Waals surface area contributed by atoms with Crippen molar-refractivity contribution >= 4 is 55.0 Å². The van der Waals surface area contributed by atoms with Crippen molar-refractivity contribution in [1.29, 1.82) is 0 Å². The number of anilines is 2. The summed E-state index contributed by atoms with van der Waals surface area (Å²) >= 11 is 6.75. The summed E-state index contributed by atoms with van der Waals surface area (Å²) in [4.78, 5) is 24.6. The Morgan fingerprint density at radius 3 is 2.30 bits per heavy atom. The summed E-state index contributed by atoms with van der Waals surface area (Å²) in [6.07, 6.45) is 0. The summed E-state index contributed by atoms with van der Waals surface area (Å²) in [6.45, 7) is 3.61. The normalized spacial score (nSPS) is 10.5. The van der Waals surface area contributed by atoms with Gasteiger partial charge in [-0.15, -0.1) is 0 Å². The first kappa shape index (κ1) is 21.2. The number of carbonyl (C=O) groups excluding carboxylic acids is 2. The highest BCUT2D eigenvalue weighted by molar-refractivity contribution is 9.11. The average molecular weight is 500 g/mol. The summed E-state index contributed by atoms with van der Waals surface area (Å²) in [5.41, 5.74) is 1.43. The van der Waals surface area contributed by atoms with Crippen LogP contribution in [0.5, 0.6) is 11.5 Å². The van der Waals surface area contributed by atoms with Gasteiger partial charge in [0.2, 0.25) is 5.91 Å². The molecule has 0 aliphatic heterocycles. The van der Waals surface area contributed by atoms with Crippen molar-refractivity contribution in [3.05, 3.63) is 44.8 Å². The molecule has 2 amide bonds. The van der Waals surface area contributed by atoms with E-state index in [4.69, 9.17) is 9.47 Å². The standard InChI is InChI=1S/C19H20Br2N2O4/c1-10(2)18(24)23-15-6-5-12(9-16(15)26-3)22-19(25)13-7-11(20)8-14(21)17(13)27-4/h5-10H,1-4H3,(H,22,25)(H,23,24). The molecule has 2 rings (SSSR count). The Labute approximate surface area is 174 Å². The summed E-state index contributed by atoms with van der Waals surface area (Å²) in [5.74, 6) is 0.271. The summed E-state index contributed by atoms with van der Waals surface area (Å²) < 4.78 is 12.1. The molecule has 0 aliphatic rings. The first-order chi connectivity index (χ1) is 12.8. The van der Waals surface area contributed by atoms with Crippen LogP contribution in [0.15, 0.2) is 39.3 Å². The lowest BCUT2D eigenvalue weighted by Crippen LogP contribution is -2.18. The zero-order valence-electron chi connectivity index (χ0n) is 15.4. The Balaban J connectivity index is 2.28. The van der Waals surface area contributed by atoms with E-state index in [1.165, 1.54) is 14.2 Å². The van der Waals surface area contributed by atoms with Crippen molar-refractivity contribution in [3.63, 3.8) is 0 Å². The molecule has 144 valence electrons. The van der Waals surface area contributed by atoms with Crippen LogP contribution in [0.4, 0.5) is 11.4 Å². The third-order valence-electron chi connectivity index (χ3n) is 3.70. The first-order valence-corrected chi connectivity index (χ1v) is 9.68. The number of carbonyl (C=O) groups is 2. The fourth-order valence-electron chi connectivity index (χ4n) is 2.28. The summed E-state index contributed by atoms with van der Waals surface area (Å²) in [7, 11) is 3.00. The molecule has 8 heteroatoms.